The first kappa shape index (κ1) is 28.1. The predicted octanol–water partition coefficient (Wildman–Crippen LogP) is 8.82. The Kier molecular flexibility index (Phi) is 6.83. The fourth-order valence-corrected chi connectivity index (χ4v) is 15.1. The van der Waals surface area contributed by atoms with E-state index in [1.807, 2.05) is 18.3 Å². The molecule has 0 amide bonds. The molecule has 4 aliphatic rings. The minimum absolute atomic E-state index is 0.0156. The summed E-state index contributed by atoms with van der Waals surface area (Å²) in [6, 6.07) is 10.8. The number of pyridine rings is 1. The number of aromatic nitrogens is 1. The standard InChI is InChI=1S/C35H47NO3Si/c1-23(2)40(24(3)4,25(5)6)38-20-18-34-16-17-35(39-34)28(22-32(34)37)14-15-33(7)29(12-13-31(33)35)27-11-10-26-9-8-19-36-30(26)21-27/h8-12,19,21-25,31H,13-18,20H2,1-7H3/t31-,33-,34-,35-/m1/s1. The maximum atomic E-state index is 13.7. The van der Waals surface area contributed by atoms with E-state index < -0.39 is 13.9 Å². The molecule has 2 bridgehead atoms. The topological polar surface area (TPSA) is 48.4 Å². The lowest BCUT2D eigenvalue weighted by Crippen LogP contribution is -2.56. The highest BCUT2D eigenvalue weighted by Gasteiger charge is 2.66. The molecule has 2 fully saturated rings. The van der Waals surface area contributed by atoms with Gasteiger partial charge in [-0.1, -0.05) is 72.7 Å². The van der Waals surface area contributed by atoms with Crippen LogP contribution >= 0.6 is 0 Å². The van der Waals surface area contributed by atoms with Gasteiger partial charge in [-0.2, -0.15) is 0 Å². The molecule has 5 heteroatoms. The minimum Gasteiger partial charge on any atom is -0.416 e. The molecule has 1 aromatic heterocycles. The molecule has 2 aromatic rings. The van der Waals surface area contributed by atoms with Crippen LogP contribution in [-0.4, -0.2) is 36.9 Å². The lowest BCUT2D eigenvalue weighted by molar-refractivity contribution is -0.168. The van der Waals surface area contributed by atoms with Crippen molar-refractivity contribution in [2.45, 2.75) is 115 Å². The Bertz CT molecular complexity index is 1370. The van der Waals surface area contributed by atoms with E-state index in [-0.39, 0.29) is 16.8 Å². The Morgan fingerprint density at radius 1 is 1.05 bits per heavy atom. The summed E-state index contributed by atoms with van der Waals surface area (Å²) in [5.74, 6) is 0.529. The van der Waals surface area contributed by atoms with Gasteiger partial charge in [0.05, 0.1) is 11.1 Å². The average Bonchev–Trinajstić information content (AvgIpc) is 3.45. The second kappa shape index (κ2) is 9.74. The van der Waals surface area contributed by atoms with Gasteiger partial charge in [-0.25, -0.2) is 0 Å². The number of allylic oxidation sites excluding steroid dienone is 2. The number of carbonyl (C=O) groups excluding carboxylic acids is 1. The molecule has 0 N–H and O–H groups in total. The van der Waals surface area contributed by atoms with Crippen molar-refractivity contribution in [2.75, 3.05) is 6.61 Å². The molecule has 1 saturated carbocycles. The summed E-state index contributed by atoms with van der Waals surface area (Å²) in [6.45, 7) is 17.0. The highest BCUT2D eigenvalue weighted by atomic mass is 28.4. The second-order valence-corrected chi connectivity index (χ2v) is 19.6. The Balaban J connectivity index is 1.26. The maximum absolute atomic E-state index is 13.7. The fraction of sp³-hybridized carbons (Fsp3) is 0.600. The Morgan fingerprint density at radius 2 is 1.80 bits per heavy atom. The lowest BCUT2D eigenvalue weighted by atomic mass is 9.56. The smallest absolute Gasteiger partial charge is 0.200 e. The van der Waals surface area contributed by atoms with Crippen LogP contribution in [0, 0.1) is 11.3 Å². The van der Waals surface area contributed by atoms with Gasteiger partial charge in [0.25, 0.3) is 0 Å². The van der Waals surface area contributed by atoms with Crippen LogP contribution in [0.1, 0.15) is 92.6 Å². The van der Waals surface area contributed by atoms with E-state index in [4.69, 9.17) is 9.16 Å². The van der Waals surface area contributed by atoms with Crippen molar-refractivity contribution >= 4 is 30.6 Å². The molecule has 40 heavy (non-hydrogen) atoms. The minimum atomic E-state index is -2.00. The van der Waals surface area contributed by atoms with Crippen LogP contribution in [-0.2, 0) is 14.0 Å². The van der Waals surface area contributed by atoms with E-state index in [1.54, 1.807) is 0 Å². The quantitative estimate of drug-likeness (QED) is 0.304. The second-order valence-electron chi connectivity index (χ2n) is 14.2. The molecule has 4 nitrogen and oxygen atoms in total. The van der Waals surface area contributed by atoms with E-state index in [0.717, 1.165) is 37.6 Å². The molecule has 4 atom stereocenters. The number of ketones is 1. The van der Waals surface area contributed by atoms with Crippen LogP contribution in [0.3, 0.4) is 0 Å². The molecule has 214 valence electrons. The number of hydrogen-bond donors (Lipinski definition) is 0. The number of nitrogens with zero attached hydrogens (tertiary/aromatic N) is 1. The van der Waals surface area contributed by atoms with E-state index in [2.05, 4.69) is 83.8 Å². The number of rotatable bonds is 8. The van der Waals surface area contributed by atoms with E-state index in [0.29, 0.717) is 35.6 Å². The van der Waals surface area contributed by atoms with Gasteiger partial charge in [0.1, 0.15) is 5.60 Å². The molecular weight excluding hydrogens is 510 g/mol. The van der Waals surface area contributed by atoms with Gasteiger partial charge >= 0.3 is 0 Å². The van der Waals surface area contributed by atoms with Crippen molar-refractivity contribution in [3.63, 3.8) is 0 Å². The first-order valence-corrected chi connectivity index (χ1v) is 17.8. The zero-order valence-electron chi connectivity index (χ0n) is 25.5. The first-order valence-electron chi connectivity index (χ1n) is 15.6. The van der Waals surface area contributed by atoms with Crippen molar-refractivity contribution < 1.29 is 14.0 Å². The molecule has 6 rings (SSSR count). The third-order valence-electron chi connectivity index (χ3n) is 11.5. The van der Waals surface area contributed by atoms with Gasteiger partial charge in [-0.05, 0) is 89.1 Å². The maximum Gasteiger partial charge on any atom is 0.200 e. The van der Waals surface area contributed by atoms with E-state index in [9.17, 15) is 4.79 Å². The molecule has 1 aromatic carbocycles. The fourth-order valence-electron chi connectivity index (χ4n) is 9.60. The molecule has 0 unspecified atom stereocenters. The van der Waals surface area contributed by atoms with E-state index >= 15 is 0 Å². The summed E-state index contributed by atoms with van der Waals surface area (Å²) in [5, 5.41) is 1.18. The molecule has 3 heterocycles. The highest BCUT2D eigenvalue weighted by molar-refractivity contribution is 6.77. The highest BCUT2D eigenvalue weighted by Crippen LogP contribution is 2.67. The Hall–Kier alpha value is -2.08. The molecule has 0 radical (unpaired) electrons. The van der Waals surface area contributed by atoms with Crippen molar-refractivity contribution in [3.05, 3.63) is 59.8 Å². The monoisotopic (exact) mass is 557 g/mol. The summed E-state index contributed by atoms with van der Waals surface area (Å²) >= 11 is 0. The number of fused-ring (bicyclic) bond motifs is 3. The molecule has 2 aliphatic carbocycles. The number of carbonyl (C=O) groups is 1. The average molecular weight is 558 g/mol. The van der Waals surface area contributed by atoms with Crippen LogP contribution in [0.25, 0.3) is 16.5 Å². The number of ether oxygens (including phenoxy) is 1. The Labute approximate surface area is 241 Å². The van der Waals surface area contributed by atoms with E-state index in [1.165, 1.54) is 22.1 Å². The predicted molar refractivity (Wildman–Crippen MR) is 166 cm³/mol. The van der Waals surface area contributed by atoms with Crippen molar-refractivity contribution in [2.24, 2.45) is 11.3 Å². The summed E-state index contributed by atoms with van der Waals surface area (Å²) in [6.07, 6.45) is 11.7. The van der Waals surface area contributed by atoms with Crippen molar-refractivity contribution in [1.29, 1.82) is 0 Å². The largest absolute Gasteiger partial charge is 0.416 e. The summed E-state index contributed by atoms with van der Waals surface area (Å²) in [7, 11) is -2.00. The molecule has 1 spiro atoms. The van der Waals surface area contributed by atoms with Gasteiger partial charge in [0.2, 0.25) is 0 Å². The molecule has 1 saturated heterocycles. The third kappa shape index (κ3) is 3.90. The van der Waals surface area contributed by atoms with Crippen LogP contribution in [0.5, 0.6) is 0 Å². The van der Waals surface area contributed by atoms with Crippen LogP contribution in [0.15, 0.2) is 54.3 Å². The SMILES string of the molecule is CC(C)[Si](OCC[C@@]12CC[C@@]3(O1)C(=CC2=O)CC[C@]1(C)C(c2ccc4cccnc4c2)=CC[C@H]13)(C(C)C)C(C)C. The third-order valence-corrected chi connectivity index (χ3v) is 17.6. The zero-order chi connectivity index (χ0) is 28.5. The number of hydrogen-bond acceptors (Lipinski definition) is 4. The van der Waals surface area contributed by atoms with Crippen LogP contribution < -0.4 is 0 Å². The Morgan fingerprint density at radius 3 is 2.52 bits per heavy atom. The lowest BCUT2D eigenvalue weighted by Gasteiger charge is -2.53. The van der Waals surface area contributed by atoms with Gasteiger partial charge in [-0.3, -0.25) is 9.78 Å². The van der Waals surface area contributed by atoms with Crippen molar-refractivity contribution in [3.8, 4) is 0 Å². The molecular formula is C35H47NO3Si. The van der Waals surface area contributed by atoms with Gasteiger partial charge in [0, 0.05) is 30.5 Å². The van der Waals surface area contributed by atoms with Crippen LogP contribution in [0.2, 0.25) is 16.6 Å². The number of benzene rings is 1. The summed E-state index contributed by atoms with van der Waals surface area (Å²) in [5.41, 5.74) is 5.54. The van der Waals surface area contributed by atoms with Crippen LogP contribution in [0.4, 0.5) is 0 Å². The van der Waals surface area contributed by atoms with Gasteiger partial charge in [0.15, 0.2) is 14.1 Å². The van der Waals surface area contributed by atoms with Gasteiger partial charge < -0.3 is 9.16 Å². The normalized spacial score (nSPS) is 31.6. The first-order chi connectivity index (χ1) is 19.0. The summed E-state index contributed by atoms with van der Waals surface area (Å²) in [4.78, 5) is 18.3. The van der Waals surface area contributed by atoms with Gasteiger partial charge in [-0.15, -0.1) is 0 Å². The van der Waals surface area contributed by atoms with Crippen molar-refractivity contribution in [1.82, 2.24) is 4.98 Å². The summed E-state index contributed by atoms with van der Waals surface area (Å²) < 4.78 is 14.1. The molecule has 2 aliphatic heterocycles. The zero-order valence-corrected chi connectivity index (χ0v) is 26.5.